The highest BCUT2D eigenvalue weighted by atomic mass is 16.4. The molecule has 0 spiro atoms. The lowest BCUT2D eigenvalue weighted by molar-refractivity contribution is -0.138. The second kappa shape index (κ2) is 4.64. The van der Waals surface area contributed by atoms with E-state index in [4.69, 9.17) is 5.11 Å². The molecule has 1 N–H and O–H groups in total. The summed E-state index contributed by atoms with van der Waals surface area (Å²) in [5.74, 6) is 1.29. The number of aliphatic carboxylic acids is 1. The molecule has 0 aromatic heterocycles. The SMILES string of the molecule is CC(C)C1CCCC(CC(=O)O)C1. The minimum Gasteiger partial charge on any atom is -0.481 e. The number of hydrogen-bond donors (Lipinski definition) is 1. The molecule has 13 heavy (non-hydrogen) atoms. The van der Waals surface area contributed by atoms with Crippen LogP contribution in [0.5, 0.6) is 0 Å². The van der Waals surface area contributed by atoms with Crippen LogP contribution in [0.15, 0.2) is 0 Å². The summed E-state index contributed by atoms with van der Waals surface area (Å²) in [6.07, 6.45) is 5.15. The van der Waals surface area contributed by atoms with Crippen molar-refractivity contribution in [3.63, 3.8) is 0 Å². The molecule has 0 saturated heterocycles. The summed E-state index contributed by atoms with van der Waals surface area (Å²) in [5.41, 5.74) is 0. The molecule has 1 aliphatic rings. The van der Waals surface area contributed by atoms with E-state index in [2.05, 4.69) is 13.8 Å². The van der Waals surface area contributed by atoms with Gasteiger partial charge in [-0.1, -0.05) is 26.7 Å². The van der Waals surface area contributed by atoms with Gasteiger partial charge in [-0.05, 0) is 30.6 Å². The smallest absolute Gasteiger partial charge is 0.303 e. The van der Waals surface area contributed by atoms with Crippen molar-refractivity contribution in [2.45, 2.75) is 46.0 Å². The third-order valence-corrected chi connectivity index (χ3v) is 3.23. The predicted octanol–water partition coefficient (Wildman–Crippen LogP) is 2.92. The lowest BCUT2D eigenvalue weighted by Gasteiger charge is -2.30. The van der Waals surface area contributed by atoms with E-state index < -0.39 is 5.97 Å². The van der Waals surface area contributed by atoms with Crippen molar-refractivity contribution in [3.05, 3.63) is 0 Å². The Morgan fingerprint density at radius 1 is 1.46 bits per heavy atom. The van der Waals surface area contributed by atoms with E-state index in [-0.39, 0.29) is 0 Å². The van der Waals surface area contributed by atoms with Gasteiger partial charge in [0.15, 0.2) is 0 Å². The Labute approximate surface area is 80.3 Å². The first-order valence-corrected chi connectivity index (χ1v) is 5.31. The van der Waals surface area contributed by atoms with Crippen LogP contribution in [0, 0.1) is 17.8 Å². The first-order chi connectivity index (χ1) is 6.09. The van der Waals surface area contributed by atoms with Gasteiger partial charge in [-0.25, -0.2) is 0 Å². The Kier molecular flexibility index (Phi) is 3.76. The third-order valence-electron chi connectivity index (χ3n) is 3.23. The van der Waals surface area contributed by atoms with Gasteiger partial charge in [-0.15, -0.1) is 0 Å². The quantitative estimate of drug-likeness (QED) is 0.732. The lowest BCUT2D eigenvalue weighted by Crippen LogP contribution is -2.21. The average molecular weight is 184 g/mol. The predicted molar refractivity (Wildman–Crippen MR) is 52.5 cm³/mol. The fraction of sp³-hybridized carbons (Fsp3) is 0.909. The minimum absolute atomic E-state index is 0.378. The second-order valence-corrected chi connectivity index (χ2v) is 4.63. The van der Waals surface area contributed by atoms with Crippen LogP contribution in [0.25, 0.3) is 0 Å². The summed E-state index contributed by atoms with van der Waals surface area (Å²) in [7, 11) is 0. The van der Waals surface area contributed by atoms with Gasteiger partial charge < -0.3 is 5.11 Å². The van der Waals surface area contributed by atoms with Gasteiger partial charge in [-0.2, -0.15) is 0 Å². The van der Waals surface area contributed by atoms with Gasteiger partial charge in [0.2, 0.25) is 0 Å². The molecule has 2 atom stereocenters. The molecular weight excluding hydrogens is 164 g/mol. The molecule has 2 unspecified atom stereocenters. The molecule has 1 saturated carbocycles. The molecular formula is C11H20O2. The maximum atomic E-state index is 10.5. The van der Waals surface area contributed by atoms with E-state index in [1.54, 1.807) is 0 Å². The van der Waals surface area contributed by atoms with E-state index >= 15 is 0 Å². The summed E-state index contributed by atoms with van der Waals surface area (Å²) < 4.78 is 0. The van der Waals surface area contributed by atoms with Gasteiger partial charge in [-0.3, -0.25) is 4.79 Å². The van der Waals surface area contributed by atoms with Crippen LogP contribution in [0.1, 0.15) is 46.0 Å². The van der Waals surface area contributed by atoms with Crippen LogP contribution < -0.4 is 0 Å². The molecule has 0 bridgehead atoms. The topological polar surface area (TPSA) is 37.3 Å². The highest BCUT2D eigenvalue weighted by molar-refractivity contribution is 5.67. The molecule has 0 aliphatic heterocycles. The highest BCUT2D eigenvalue weighted by Crippen LogP contribution is 2.34. The van der Waals surface area contributed by atoms with Crippen molar-refractivity contribution < 1.29 is 9.90 Å². The van der Waals surface area contributed by atoms with Gasteiger partial charge in [0.1, 0.15) is 0 Å². The van der Waals surface area contributed by atoms with E-state index in [9.17, 15) is 4.79 Å². The molecule has 0 heterocycles. The Hall–Kier alpha value is -0.530. The van der Waals surface area contributed by atoms with Gasteiger partial charge in [0.25, 0.3) is 0 Å². The van der Waals surface area contributed by atoms with Crippen LogP contribution >= 0.6 is 0 Å². The van der Waals surface area contributed by atoms with Crippen molar-refractivity contribution in [2.24, 2.45) is 17.8 Å². The summed E-state index contributed by atoms with van der Waals surface area (Å²) >= 11 is 0. The van der Waals surface area contributed by atoms with Crippen LogP contribution in [-0.2, 0) is 4.79 Å². The van der Waals surface area contributed by atoms with Crippen LogP contribution in [-0.4, -0.2) is 11.1 Å². The molecule has 2 heteroatoms. The first kappa shape index (κ1) is 10.6. The van der Waals surface area contributed by atoms with Crippen LogP contribution in [0.2, 0.25) is 0 Å². The number of carboxylic acid groups (broad SMARTS) is 1. The van der Waals surface area contributed by atoms with E-state index in [1.807, 2.05) is 0 Å². The number of carbonyl (C=O) groups is 1. The summed E-state index contributed by atoms with van der Waals surface area (Å²) in [6, 6.07) is 0. The highest BCUT2D eigenvalue weighted by Gasteiger charge is 2.25. The summed E-state index contributed by atoms with van der Waals surface area (Å²) in [4.78, 5) is 10.5. The number of carboxylic acids is 1. The largest absolute Gasteiger partial charge is 0.481 e. The molecule has 0 aromatic rings. The van der Waals surface area contributed by atoms with Crippen molar-refractivity contribution in [3.8, 4) is 0 Å². The van der Waals surface area contributed by atoms with E-state index in [1.165, 1.54) is 12.8 Å². The Morgan fingerprint density at radius 3 is 2.69 bits per heavy atom. The molecule has 1 fully saturated rings. The van der Waals surface area contributed by atoms with E-state index in [0.29, 0.717) is 12.3 Å². The van der Waals surface area contributed by atoms with Crippen molar-refractivity contribution in [2.75, 3.05) is 0 Å². The molecule has 76 valence electrons. The van der Waals surface area contributed by atoms with Gasteiger partial charge >= 0.3 is 5.97 Å². The summed E-state index contributed by atoms with van der Waals surface area (Å²) in [5, 5.41) is 8.69. The van der Waals surface area contributed by atoms with E-state index in [0.717, 1.165) is 24.7 Å². The van der Waals surface area contributed by atoms with Gasteiger partial charge in [0, 0.05) is 6.42 Å². The standard InChI is InChI=1S/C11H20O2/c1-8(2)10-5-3-4-9(6-10)7-11(12)13/h8-10H,3-7H2,1-2H3,(H,12,13). The normalized spacial score (nSPS) is 29.2. The van der Waals surface area contributed by atoms with Crippen molar-refractivity contribution in [1.82, 2.24) is 0 Å². The number of rotatable bonds is 3. The van der Waals surface area contributed by atoms with Crippen LogP contribution in [0.4, 0.5) is 0 Å². The number of hydrogen-bond acceptors (Lipinski definition) is 1. The first-order valence-electron chi connectivity index (χ1n) is 5.31. The zero-order valence-electron chi connectivity index (χ0n) is 8.62. The van der Waals surface area contributed by atoms with Gasteiger partial charge in [0.05, 0.1) is 0 Å². The van der Waals surface area contributed by atoms with Crippen molar-refractivity contribution in [1.29, 1.82) is 0 Å². The zero-order valence-corrected chi connectivity index (χ0v) is 8.62. The molecule has 0 amide bonds. The molecule has 0 radical (unpaired) electrons. The summed E-state index contributed by atoms with van der Waals surface area (Å²) in [6.45, 7) is 4.49. The second-order valence-electron chi connectivity index (χ2n) is 4.63. The van der Waals surface area contributed by atoms with Crippen molar-refractivity contribution >= 4 is 5.97 Å². The maximum absolute atomic E-state index is 10.5. The fourth-order valence-corrected chi connectivity index (χ4v) is 2.37. The Morgan fingerprint density at radius 2 is 2.15 bits per heavy atom. The van der Waals surface area contributed by atoms with Crippen LogP contribution in [0.3, 0.4) is 0 Å². The Bertz CT molecular complexity index is 175. The minimum atomic E-state index is -0.630. The molecule has 0 aromatic carbocycles. The Balaban J connectivity index is 2.37. The lowest BCUT2D eigenvalue weighted by atomic mass is 9.75. The third kappa shape index (κ3) is 3.37. The maximum Gasteiger partial charge on any atom is 0.303 e. The average Bonchev–Trinajstić information content (AvgIpc) is 2.03. The molecule has 1 aliphatic carbocycles. The molecule has 1 rings (SSSR count). The fourth-order valence-electron chi connectivity index (χ4n) is 2.37. The monoisotopic (exact) mass is 184 g/mol. The zero-order chi connectivity index (χ0) is 9.84. The molecule has 2 nitrogen and oxygen atoms in total.